The molecule has 0 saturated heterocycles. The van der Waals surface area contributed by atoms with Gasteiger partial charge >= 0.3 is 0 Å². The molecule has 1 amide bonds. The van der Waals surface area contributed by atoms with Crippen molar-refractivity contribution in [3.8, 4) is 5.75 Å². The van der Waals surface area contributed by atoms with Crippen molar-refractivity contribution < 1.29 is 9.53 Å². The number of carbonyl (C=O) groups excluding carboxylic acids is 1. The van der Waals surface area contributed by atoms with E-state index in [2.05, 4.69) is 24.4 Å². The summed E-state index contributed by atoms with van der Waals surface area (Å²) in [5.41, 5.74) is 4.17. The minimum atomic E-state index is -0.201. The Morgan fingerprint density at radius 2 is 1.75 bits per heavy atom. The van der Waals surface area contributed by atoms with Crippen LogP contribution in [0.25, 0.3) is 0 Å². The lowest BCUT2D eigenvalue weighted by atomic mass is 10.1. The highest BCUT2D eigenvalue weighted by molar-refractivity contribution is 5.94. The van der Waals surface area contributed by atoms with Gasteiger partial charge in [-0.05, 0) is 48.6 Å². The molecule has 0 radical (unpaired) electrons. The molecule has 0 bridgehead atoms. The number of ether oxygens (including phenoxy) is 1. The average Bonchev–Trinajstić information content (AvgIpc) is 2.64. The van der Waals surface area contributed by atoms with Crippen molar-refractivity contribution >= 4 is 12.1 Å². The summed E-state index contributed by atoms with van der Waals surface area (Å²) in [4.78, 5) is 12.0. The second-order valence-corrected chi connectivity index (χ2v) is 5.59. The Labute approximate surface area is 143 Å². The molecular weight excluding hydrogens is 300 g/mol. The summed E-state index contributed by atoms with van der Waals surface area (Å²) in [5, 5.41) is 4.04. The Balaban J connectivity index is 1.85. The van der Waals surface area contributed by atoms with E-state index in [0.717, 1.165) is 24.2 Å². The van der Waals surface area contributed by atoms with E-state index in [0.29, 0.717) is 18.1 Å². The third kappa shape index (κ3) is 5.54. The molecule has 0 aliphatic carbocycles. The second kappa shape index (κ2) is 9.50. The standard InChI is InChI=1S/C20H24N2O2/c1-3-16(4-2)14-21-22-20(23)18-12-10-17(11-13-18)15-24-19-8-6-5-7-9-19/h5-14,16H,3-4,15H2,1-2H3,(H,22,23)/b21-14-. The molecule has 2 rings (SSSR count). The summed E-state index contributed by atoms with van der Waals surface area (Å²) in [6.45, 7) is 4.69. The van der Waals surface area contributed by atoms with Gasteiger partial charge in [0.25, 0.3) is 5.91 Å². The van der Waals surface area contributed by atoms with Crippen LogP contribution in [-0.4, -0.2) is 12.1 Å². The molecule has 0 fully saturated rings. The van der Waals surface area contributed by atoms with Crippen LogP contribution in [0, 0.1) is 5.92 Å². The van der Waals surface area contributed by atoms with Crippen LogP contribution in [0.1, 0.15) is 42.6 Å². The molecule has 1 N–H and O–H groups in total. The smallest absolute Gasteiger partial charge is 0.271 e. The monoisotopic (exact) mass is 324 g/mol. The lowest BCUT2D eigenvalue weighted by molar-refractivity contribution is 0.0955. The van der Waals surface area contributed by atoms with Gasteiger partial charge in [-0.1, -0.05) is 44.2 Å². The third-order valence-corrected chi connectivity index (χ3v) is 3.87. The third-order valence-electron chi connectivity index (χ3n) is 3.87. The van der Waals surface area contributed by atoms with Crippen LogP contribution in [0.4, 0.5) is 0 Å². The molecular formula is C20H24N2O2. The number of nitrogens with zero attached hydrogens (tertiary/aromatic N) is 1. The maximum atomic E-state index is 12.0. The van der Waals surface area contributed by atoms with Crippen LogP contribution in [0.2, 0.25) is 0 Å². The average molecular weight is 324 g/mol. The number of carbonyl (C=O) groups is 1. The van der Waals surface area contributed by atoms with Crippen molar-refractivity contribution in [3.05, 3.63) is 65.7 Å². The summed E-state index contributed by atoms with van der Waals surface area (Å²) < 4.78 is 5.68. The van der Waals surface area contributed by atoms with Crippen molar-refractivity contribution in [1.29, 1.82) is 0 Å². The number of hydrogen-bond donors (Lipinski definition) is 1. The van der Waals surface area contributed by atoms with Gasteiger partial charge in [0.2, 0.25) is 0 Å². The van der Waals surface area contributed by atoms with Crippen molar-refractivity contribution in [2.75, 3.05) is 0 Å². The molecule has 4 nitrogen and oxygen atoms in total. The summed E-state index contributed by atoms with van der Waals surface area (Å²) in [5.74, 6) is 1.03. The van der Waals surface area contributed by atoms with E-state index in [1.807, 2.05) is 42.5 Å². The van der Waals surface area contributed by atoms with E-state index in [1.165, 1.54) is 0 Å². The predicted octanol–water partition coefficient (Wildman–Crippen LogP) is 4.42. The van der Waals surface area contributed by atoms with Gasteiger partial charge in [0, 0.05) is 11.8 Å². The molecule has 4 heteroatoms. The number of nitrogens with one attached hydrogen (secondary N) is 1. The van der Waals surface area contributed by atoms with Gasteiger partial charge in [0.15, 0.2) is 0 Å². The predicted molar refractivity (Wildman–Crippen MR) is 97.2 cm³/mol. The van der Waals surface area contributed by atoms with Crippen LogP contribution in [0.5, 0.6) is 5.75 Å². The number of benzene rings is 2. The Hall–Kier alpha value is -2.62. The van der Waals surface area contributed by atoms with E-state index in [4.69, 9.17) is 4.74 Å². The highest BCUT2D eigenvalue weighted by atomic mass is 16.5. The van der Waals surface area contributed by atoms with Crippen LogP contribution in [0.15, 0.2) is 59.7 Å². The highest BCUT2D eigenvalue weighted by Crippen LogP contribution is 2.12. The molecule has 0 saturated carbocycles. The number of para-hydroxylation sites is 1. The topological polar surface area (TPSA) is 50.7 Å². The summed E-state index contributed by atoms with van der Waals surface area (Å²) in [7, 11) is 0. The molecule has 0 aliphatic heterocycles. The van der Waals surface area contributed by atoms with Crippen LogP contribution in [0.3, 0.4) is 0 Å². The Bertz CT molecular complexity index is 647. The van der Waals surface area contributed by atoms with Gasteiger partial charge in [0.1, 0.15) is 12.4 Å². The molecule has 2 aromatic rings. The molecule has 0 spiro atoms. The highest BCUT2D eigenvalue weighted by Gasteiger charge is 2.05. The Morgan fingerprint density at radius 3 is 2.38 bits per heavy atom. The van der Waals surface area contributed by atoms with E-state index >= 15 is 0 Å². The van der Waals surface area contributed by atoms with Gasteiger partial charge in [-0.2, -0.15) is 5.10 Å². The first kappa shape index (κ1) is 17.7. The maximum absolute atomic E-state index is 12.0. The lowest BCUT2D eigenvalue weighted by Crippen LogP contribution is -2.18. The van der Waals surface area contributed by atoms with E-state index in [9.17, 15) is 4.79 Å². The normalized spacial score (nSPS) is 11.0. The van der Waals surface area contributed by atoms with E-state index < -0.39 is 0 Å². The number of rotatable bonds is 8. The van der Waals surface area contributed by atoms with Crippen LogP contribution >= 0.6 is 0 Å². The largest absolute Gasteiger partial charge is 0.489 e. The summed E-state index contributed by atoms with van der Waals surface area (Å²) >= 11 is 0. The fourth-order valence-electron chi connectivity index (χ4n) is 2.20. The molecule has 126 valence electrons. The SMILES string of the molecule is CCC(/C=N\NC(=O)c1ccc(COc2ccccc2)cc1)CC. The Morgan fingerprint density at radius 1 is 1.08 bits per heavy atom. The zero-order valence-electron chi connectivity index (χ0n) is 14.2. The van der Waals surface area contributed by atoms with E-state index in [1.54, 1.807) is 18.3 Å². The van der Waals surface area contributed by atoms with Gasteiger partial charge in [0.05, 0.1) is 0 Å². The summed E-state index contributed by atoms with van der Waals surface area (Å²) in [6.07, 6.45) is 3.85. The Kier molecular flexibility index (Phi) is 7.02. The van der Waals surface area contributed by atoms with Crippen molar-refractivity contribution in [2.24, 2.45) is 11.0 Å². The van der Waals surface area contributed by atoms with Gasteiger partial charge < -0.3 is 4.74 Å². The van der Waals surface area contributed by atoms with E-state index in [-0.39, 0.29) is 5.91 Å². The molecule has 0 aliphatic rings. The number of amides is 1. The van der Waals surface area contributed by atoms with Gasteiger partial charge in [-0.15, -0.1) is 0 Å². The molecule has 0 heterocycles. The quantitative estimate of drug-likeness (QED) is 0.577. The zero-order valence-corrected chi connectivity index (χ0v) is 14.2. The van der Waals surface area contributed by atoms with Crippen molar-refractivity contribution in [2.45, 2.75) is 33.3 Å². The molecule has 0 aromatic heterocycles. The molecule has 0 atom stereocenters. The first-order chi connectivity index (χ1) is 11.7. The molecule has 0 unspecified atom stereocenters. The summed E-state index contributed by atoms with van der Waals surface area (Å²) in [6, 6.07) is 17.0. The minimum Gasteiger partial charge on any atom is -0.489 e. The first-order valence-electron chi connectivity index (χ1n) is 8.33. The minimum absolute atomic E-state index is 0.201. The molecule has 24 heavy (non-hydrogen) atoms. The second-order valence-electron chi connectivity index (χ2n) is 5.59. The maximum Gasteiger partial charge on any atom is 0.271 e. The van der Waals surface area contributed by atoms with Gasteiger partial charge in [-0.3, -0.25) is 4.79 Å². The zero-order chi connectivity index (χ0) is 17.2. The fourth-order valence-corrected chi connectivity index (χ4v) is 2.20. The van der Waals surface area contributed by atoms with Crippen LogP contribution in [-0.2, 0) is 6.61 Å². The number of hydrazone groups is 1. The van der Waals surface area contributed by atoms with Gasteiger partial charge in [-0.25, -0.2) is 5.43 Å². The molecule has 2 aromatic carbocycles. The van der Waals surface area contributed by atoms with Crippen LogP contribution < -0.4 is 10.2 Å². The number of hydrogen-bond acceptors (Lipinski definition) is 3. The lowest BCUT2D eigenvalue weighted by Gasteiger charge is -2.07. The van der Waals surface area contributed by atoms with Crippen molar-refractivity contribution in [1.82, 2.24) is 5.43 Å². The first-order valence-corrected chi connectivity index (χ1v) is 8.33. The van der Waals surface area contributed by atoms with Crippen molar-refractivity contribution in [3.63, 3.8) is 0 Å². The fraction of sp³-hybridized carbons (Fsp3) is 0.300.